The second kappa shape index (κ2) is 6.21. The fourth-order valence-electron chi connectivity index (χ4n) is 1.94. The topological polar surface area (TPSA) is 55.1 Å². The second-order valence-electron chi connectivity index (χ2n) is 4.42. The molecule has 2 aromatic rings. The van der Waals surface area contributed by atoms with Crippen LogP contribution < -0.4 is 5.56 Å². The van der Waals surface area contributed by atoms with Crippen LogP contribution in [-0.2, 0) is 0 Å². The molecular formula is C14H18N2O2S. The fraction of sp³-hybridized carbons (Fsp3) is 0.429. The summed E-state index contributed by atoms with van der Waals surface area (Å²) in [7, 11) is 0. The first-order chi connectivity index (χ1) is 9.19. The molecule has 1 atom stereocenters. The smallest absolute Gasteiger partial charge is 0.262 e. The van der Waals surface area contributed by atoms with E-state index in [2.05, 4.69) is 4.98 Å². The first-order valence-corrected chi connectivity index (χ1v) is 7.42. The van der Waals surface area contributed by atoms with Gasteiger partial charge in [0.1, 0.15) is 0 Å². The highest BCUT2D eigenvalue weighted by Gasteiger charge is 2.14. The molecule has 0 aliphatic carbocycles. The van der Waals surface area contributed by atoms with Crippen molar-refractivity contribution in [3.8, 4) is 0 Å². The van der Waals surface area contributed by atoms with Crippen molar-refractivity contribution in [2.75, 3.05) is 12.4 Å². The molecule has 0 bridgehead atoms. The second-order valence-corrected chi connectivity index (χ2v) is 5.48. The summed E-state index contributed by atoms with van der Waals surface area (Å²) in [6, 6.07) is 7.49. The van der Waals surface area contributed by atoms with Crippen LogP contribution in [0.5, 0.6) is 0 Å². The molecule has 1 aromatic carbocycles. The van der Waals surface area contributed by atoms with E-state index in [-0.39, 0.29) is 18.2 Å². The molecular weight excluding hydrogens is 260 g/mol. The van der Waals surface area contributed by atoms with Crippen LogP contribution in [0, 0.1) is 0 Å². The number of aliphatic hydroxyl groups excluding tert-OH is 1. The molecule has 0 fully saturated rings. The number of thioether (sulfide) groups is 1. The number of aliphatic hydroxyl groups is 1. The minimum absolute atomic E-state index is 0.000361. The summed E-state index contributed by atoms with van der Waals surface area (Å²) in [4.78, 5) is 17.1. The Morgan fingerprint density at radius 3 is 2.84 bits per heavy atom. The highest BCUT2D eigenvalue weighted by atomic mass is 32.2. The number of nitrogens with zero attached hydrogens (tertiary/aromatic N) is 2. The van der Waals surface area contributed by atoms with Crippen molar-refractivity contribution in [2.45, 2.75) is 31.5 Å². The zero-order chi connectivity index (χ0) is 13.8. The molecule has 0 radical (unpaired) electrons. The molecule has 0 aliphatic heterocycles. The van der Waals surface area contributed by atoms with Gasteiger partial charge in [0.25, 0.3) is 5.56 Å². The lowest BCUT2D eigenvalue weighted by Gasteiger charge is -2.17. The Labute approximate surface area is 116 Å². The number of hydrogen-bond donors (Lipinski definition) is 1. The molecule has 1 heterocycles. The third-order valence-corrected chi connectivity index (χ3v) is 4.06. The van der Waals surface area contributed by atoms with E-state index in [1.807, 2.05) is 38.1 Å². The quantitative estimate of drug-likeness (QED) is 0.674. The van der Waals surface area contributed by atoms with Crippen LogP contribution in [-0.4, -0.2) is 27.0 Å². The summed E-state index contributed by atoms with van der Waals surface area (Å²) in [6.45, 7) is 4.14. The van der Waals surface area contributed by atoms with Crippen LogP contribution in [0.2, 0.25) is 0 Å². The van der Waals surface area contributed by atoms with Crippen LogP contribution in [0.25, 0.3) is 10.9 Å². The summed E-state index contributed by atoms with van der Waals surface area (Å²) in [5.74, 6) is 0.543. The average Bonchev–Trinajstić information content (AvgIpc) is 2.44. The van der Waals surface area contributed by atoms with Crippen molar-refractivity contribution in [1.29, 1.82) is 0 Å². The molecule has 4 nitrogen and oxygen atoms in total. The van der Waals surface area contributed by atoms with Gasteiger partial charge in [0, 0.05) is 11.8 Å². The van der Waals surface area contributed by atoms with E-state index >= 15 is 0 Å². The molecule has 0 aliphatic rings. The standard InChI is InChI=1S/C14H18N2O2S/c1-3-10(2)16-13(18)11-6-4-5-7-12(11)15-14(16)19-9-8-17/h4-7,10,17H,3,8-9H2,1-2H3/t10-/m0/s1. The van der Waals surface area contributed by atoms with Gasteiger partial charge in [0.05, 0.1) is 17.5 Å². The Kier molecular flexibility index (Phi) is 4.61. The van der Waals surface area contributed by atoms with Gasteiger partial charge in [0.2, 0.25) is 0 Å². The highest BCUT2D eigenvalue weighted by Crippen LogP contribution is 2.21. The Balaban J connectivity index is 2.65. The number of aromatic nitrogens is 2. The van der Waals surface area contributed by atoms with Crippen LogP contribution in [0.15, 0.2) is 34.2 Å². The molecule has 102 valence electrons. The van der Waals surface area contributed by atoms with E-state index < -0.39 is 0 Å². The van der Waals surface area contributed by atoms with Crippen LogP contribution in [0.3, 0.4) is 0 Å². The zero-order valence-corrected chi connectivity index (χ0v) is 12.0. The lowest BCUT2D eigenvalue weighted by atomic mass is 10.2. The van der Waals surface area contributed by atoms with Crippen molar-refractivity contribution in [3.63, 3.8) is 0 Å². The zero-order valence-electron chi connectivity index (χ0n) is 11.2. The van der Waals surface area contributed by atoms with Gasteiger partial charge < -0.3 is 5.11 Å². The molecule has 19 heavy (non-hydrogen) atoms. The van der Waals surface area contributed by atoms with E-state index in [0.29, 0.717) is 21.8 Å². The predicted molar refractivity (Wildman–Crippen MR) is 78.8 cm³/mol. The maximum atomic E-state index is 12.6. The average molecular weight is 278 g/mol. The minimum atomic E-state index is 0.000361. The van der Waals surface area contributed by atoms with E-state index in [1.165, 1.54) is 11.8 Å². The Morgan fingerprint density at radius 2 is 2.16 bits per heavy atom. The van der Waals surface area contributed by atoms with Crippen molar-refractivity contribution < 1.29 is 5.11 Å². The maximum Gasteiger partial charge on any atom is 0.262 e. The fourth-order valence-corrected chi connectivity index (χ4v) is 2.77. The normalized spacial score (nSPS) is 12.8. The van der Waals surface area contributed by atoms with Crippen molar-refractivity contribution >= 4 is 22.7 Å². The molecule has 0 amide bonds. The van der Waals surface area contributed by atoms with Crippen LogP contribution in [0.1, 0.15) is 26.3 Å². The summed E-state index contributed by atoms with van der Waals surface area (Å²) in [5, 5.41) is 10.3. The van der Waals surface area contributed by atoms with Crippen LogP contribution >= 0.6 is 11.8 Å². The predicted octanol–water partition coefficient (Wildman–Crippen LogP) is 2.45. The lowest BCUT2D eigenvalue weighted by Crippen LogP contribution is -2.26. The van der Waals surface area contributed by atoms with Crippen LogP contribution in [0.4, 0.5) is 0 Å². The Bertz CT molecular complexity index is 624. The van der Waals surface area contributed by atoms with E-state index in [1.54, 1.807) is 4.57 Å². The molecule has 1 N–H and O–H groups in total. The van der Waals surface area contributed by atoms with Gasteiger partial charge in [-0.15, -0.1) is 0 Å². The first kappa shape index (κ1) is 14.1. The van der Waals surface area contributed by atoms with Gasteiger partial charge in [-0.1, -0.05) is 30.8 Å². The first-order valence-electron chi connectivity index (χ1n) is 6.44. The largest absolute Gasteiger partial charge is 0.396 e. The number of para-hydroxylation sites is 1. The van der Waals surface area contributed by atoms with E-state index in [9.17, 15) is 4.79 Å². The Hall–Kier alpha value is -1.33. The summed E-state index contributed by atoms with van der Waals surface area (Å²) in [6.07, 6.45) is 0.868. The molecule has 0 saturated heterocycles. The third kappa shape index (κ3) is 2.82. The van der Waals surface area contributed by atoms with E-state index in [0.717, 1.165) is 6.42 Å². The van der Waals surface area contributed by atoms with Gasteiger partial charge in [-0.3, -0.25) is 9.36 Å². The van der Waals surface area contributed by atoms with Gasteiger partial charge >= 0.3 is 0 Å². The molecule has 0 spiro atoms. The Morgan fingerprint density at radius 1 is 1.42 bits per heavy atom. The molecule has 1 aromatic heterocycles. The molecule has 0 unspecified atom stereocenters. The van der Waals surface area contributed by atoms with E-state index in [4.69, 9.17) is 5.11 Å². The van der Waals surface area contributed by atoms with Gasteiger partial charge in [-0.2, -0.15) is 0 Å². The van der Waals surface area contributed by atoms with Crippen molar-refractivity contribution in [2.24, 2.45) is 0 Å². The third-order valence-electron chi connectivity index (χ3n) is 3.13. The molecule has 2 rings (SSSR count). The minimum Gasteiger partial charge on any atom is -0.396 e. The van der Waals surface area contributed by atoms with Gasteiger partial charge in [-0.05, 0) is 25.5 Å². The molecule has 5 heteroatoms. The van der Waals surface area contributed by atoms with Gasteiger partial charge in [-0.25, -0.2) is 4.98 Å². The number of benzene rings is 1. The SMILES string of the molecule is CC[C@H](C)n1c(SCCO)nc2ccccc2c1=O. The molecule has 0 saturated carbocycles. The summed E-state index contributed by atoms with van der Waals surface area (Å²) in [5.41, 5.74) is 0.716. The maximum absolute atomic E-state index is 12.6. The highest BCUT2D eigenvalue weighted by molar-refractivity contribution is 7.99. The van der Waals surface area contributed by atoms with Crippen molar-refractivity contribution in [3.05, 3.63) is 34.6 Å². The monoisotopic (exact) mass is 278 g/mol. The summed E-state index contributed by atoms with van der Waals surface area (Å²) >= 11 is 1.42. The van der Waals surface area contributed by atoms with Crippen molar-refractivity contribution in [1.82, 2.24) is 9.55 Å². The van der Waals surface area contributed by atoms with Gasteiger partial charge in [0.15, 0.2) is 5.16 Å². The summed E-state index contributed by atoms with van der Waals surface area (Å²) < 4.78 is 1.74. The lowest BCUT2D eigenvalue weighted by molar-refractivity contribution is 0.322. The number of rotatable bonds is 5. The number of hydrogen-bond acceptors (Lipinski definition) is 4. The number of fused-ring (bicyclic) bond motifs is 1.